The lowest BCUT2D eigenvalue weighted by Crippen LogP contribution is -2.05. The van der Waals surface area contributed by atoms with E-state index in [2.05, 4.69) is 9.89 Å². The molecule has 0 aliphatic carbocycles. The van der Waals surface area contributed by atoms with Crippen molar-refractivity contribution in [2.75, 3.05) is 7.11 Å². The average molecular weight is 375 g/mol. The van der Waals surface area contributed by atoms with Crippen LogP contribution in [0.5, 0.6) is 11.5 Å². The molecule has 0 amide bonds. The second kappa shape index (κ2) is 8.50. The Morgan fingerprint density at radius 1 is 1.08 bits per heavy atom. The molecule has 2 aromatic rings. The molecule has 4 nitrogen and oxygen atoms in total. The third-order valence-corrected chi connectivity index (χ3v) is 3.17. The number of alkyl halides is 5. The van der Waals surface area contributed by atoms with E-state index < -0.39 is 18.4 Å². The van der Waals surface area contributed by atoms with Crippen LogP contribution in [0.2, 0.25) is 0 Å². The average Bonchev–Trinajstić information content (AvgIpc) is 2.59. The Hall–Kier alpha value is -2.84. The maximum Gasteiger partial charge on any atom is 0.416 e. The largest absolute Gasteiger partial charge is 0.493 e. The normalized spacial score (nSPS) is 11.8. The predicted octanol–water partition coefficient (Wildman–Crippen LogP) is 4.87. The van der Waals surface area contributed by atoms with E-state index in [1.54, 1.807) is 0 Å². The molecule has 0 aromatic heterocycles. The Bertz CT molecular complexity index is 762. The van der Waals surface area contributed by atoms with Gasteiger partial charge in [0.25, 0.3) is 0 Å². The summed E-state index contributed by atoms with van der Waals surface area (Å²) in [4.78, 5) is 4.97. The molecule has 140 valence electrons. The van der Waals surface area contributed by atoms with E-state index in [0.717, 1.165) is 12.1 Å². The summed E-state index contributed by atoms with van der Waals surface area (Å²) in [5, 5.41) is 3.64. The Labute approximate surface area is 145 Å². The quantitative estimate of drug-likeness (QED) is 0.394. The van der Waals surface area contributed by atoms with Gasteiger partial charge in [-0.2, -0.15) is 22.0 Å². The van der Waals surface area contributed by atoms with Gasteiger partial charge in [-0.3, -0.25) is 0 Å². The lowest BCUT2D eigenvalue weighted by Gasteiger charge is -2.10. The number of ether oxygens (including phenoxy) is 2. The van der Waals surface area contributed by atoms with Gasteiger partial charge in [0.1, 0.15) is 6.61 Å². The summed E-state index contributed by atoms with van der Waals surface area (Å²) >= 11 is 0. The van der Waals surface area contributed by atoms with Crippen LogP contribution in [0.15, 0.2) is 47.6 Å². The fourth-order valence-corrected chi connectivity index (χ4v) is 2.01. The Kier molecular flexibility index (Phi) is 6.37. The van der Waals surface area contributed by atoms with Crippen LogP contribution in [0, 0.1) is 0 Å². The molecule has 0 unspecified atom stereocenters. The first kappa shape index (κ1) is 19.5. The second-order valence-electron chi connectivity index (χ2n) is 4.99. The third-order valence-electron chi connectivity index (χ3n) is 3.17. The number of oxime groups is 1. The molecule has 0 spiro atoms. The van der Waals surface area contributed by atoms with Crippen LogP contribution in [0.25, 0.3) is 0 Å². The summed E-state index contributed by atoms with van der Waals surface area (Å²) in [5.74, 6) is -0.0586. The fraction of sp³-hybridized carbons (Fsp3) is 0.235. The summed E-state index contributed by atoms with van der Waals surface area (Å²) in [6.07, 6.45) is -3.17. The van der Waals surface area contributed by atoms with Crippen LogP contribution >= 0.6 is 0 Å². The summed E-state index contributed by atoms with van der Waals surface area (Å²) in [5.41, 5.74) is -0.00956. The summed E-state index contributed by atoms with van der Waals surface area (Å²) in [7, 11) is 1.29. The molecule has 0 aliphatic heterocycles. The molecular formula is C17H14F5NO3. The van der Waals surface area contributed by atoms with Crippen molar-refractivity contribution in [1.29, 1.82) is 0 Å². The Morgan fingerprint density at radius 2 is 1.85 bits per heavy atom. The van der Waals surface area contributed by atoms with Crippen molar-refractivity contribution in [2.24, 2.45) is 5.16 Å². The zero-order valence-electron chi connectivity index (χ0n) is 13.5. The predicted molar refractivity (Wildman–Crippen MR) is 83.5 cm³/mol. The number of methoxy groups -OCH3 is 1. The smallest absolute Gasteiger partial charge is 0.416 e. The van der Waals surface area contributed by atoms with Crippen molar-refractivity contribution in [3.63, 3.8) is 0 Å². The van der Waals surface area contributed by atoms with E-state index >= 15 is 0 Å². The molecule has 0 saturated carbocycles. The summed E-state index contributed by atoms with van der Waals surface area (Å²) in [6, 6.07) is 8.80. The molecule has 2 rings (SSSR count). The van der Waals surface area contributed by atoms with Crippen LogP contribution in [-0.2, 0) is 17.6 Å². The minimum absolute atomic E-state index is 0.0760. The molecule has 0 fully saturated rings. The molecule has 0 saturated heterocycles. The standard InChI is InChI=1S/C17H14F5NO3/c1-24-15-8-11(5-6-14(15)26-16(18)19)9-23-25-10-12-3-2-4-13(7-12)17(20,21)22/h2-9,16H,10H2,1H3/b23-9+. The van der Waals surface area contributed by atoms with Crippen molar-refractivity contribution in [1.82, 2.24) is 0 Å². The van der Waals surface area contributed by atoms with Crippen molar-refractivity contribution in [3.8, 4) is 11.5 Å². The Morgan fingerprint density at radius 3 is 2.50 bits per heavy atom. The van der Waals surface area contributed by atoms with Crippen molar-refractivity contribution < 1.29 is 36.3 Å². The van der Waals surface area contributed by atoms with Gasteiger partial charge in [-0.1, -0.05) is 17.3 Å². The van der Waals surface area contributed by atoms with Gasteiger partial charge in [0.2, 0.25) is 0 Å². The second-order valence-corrected chi connectivity index (χ2v) is 4.99. The molecule has 0 bridgehead atoms. The van der Waals surface area contributed by atoms with Crippen LogP contribution in [-0.4, -0.2) is 19.9 Å². The van der Waals surface area contributed by atoms with Gasteiger partial charge in [0.05, 0.1) is 18.9 Å². The highest BCUT2D eigenvalue weighted by Gasteiger charge is 2.30. The van der Waals surface area contributed by atoms with Crippen LogP contribution in [0.3, 0.4) is 0 Å². The zero-order chi connectivity index (χ0) is 19.2. The molecule has 9 heteroatoms. The zero-order valence-corrected chi connectivity index (χ0v) is 13.5. The van der Waals surface area contributed by atoms with E-state index in [-0.39, 0.29) is 18.1 Å². The van der Waals surface area contributed by atoms with E-state index in [1.807, 2.05) is 0 Å². The molecule has 0 radical (unpaired) electrons. The molecule has 0 heterocycles. The number of hydrogen-bond donors (Lipinski definition) is 0. The summed E-state index contributed by atoms with van der Waals surface area (Å²) < 4.78 is 71.6. The minimum atomic E-state index is -4.43. The first-order valence-electron chi connectivity index (χ1n) is 7.24. The van der Waals surface area contributed by atoms with Gasteiger partial charge in [-0.05, 0) is 35.9 Å². The van der Waals surface area contributed by atoms with Crippen LogP contribution in [0.4, 0.5) is 22.0 Å². The highest BCUT2D eigenvalue weighted by Crippen LogP contribution is 2.30. The third kappa shape index (κ3) is 5.61. The number of nitrogens with zero attached hydrogens (tertiary/aromatic N) is 1. The molecule has 0 N–H and O–H groups in total. The topological polar surface area (TPSA) is 40.0 Å². The van der Waals surface area contributed by atoms with E-state index in [1.165, 1.54) is 43.7 Å². The monoisotopic (exact) mass is 375 g/mol. The van der Waals surface area contributed by atoms with Gasteiger partial charge in [-0.15, -0.1) is 0 Å². The number of benzene rings is 2. The van der Waals surface area contributed by atoms with Crippen molar-refractivity contribution >= 4 is 6.21 Å². The van der Waals surface area contributed by atoms with Gasteiger partial charge in [0, 0.05) is 5.56 Å². The molecular weight excluding hydrogens is 361 g/mol. The van der Waals surface area contributed by atoms with E-state index in [4.69, 9.17) is 9.57 Å². The van der Waals surface area contributed by atoms with E-state index in [9.17, 15) is 22.0 Å². The van der Waals surface area contributed by atoms with Crippen molar-refractivity contribution in [3.05, 3.63) is 59.2 Å². The number of halogens is 5. The van der Waals surface area contributed by atoms with Crippen LogP contribution in [0.1, 0.15) is 16.7 Å². The van der Waals surface area contributed by atoms with Gasteiger partial charge < -0.3 is 14.3 Å². The Balaban J connectivity index is 1.98. The minimum Gasteiger partial charge on any atom is -0.493 e. The highest BCUT2D eigenvalue weighted by molar-refractivity contribution is 5.80. The van der Waals surface area contributed by atoms with E-state index in [0.29, 0.717) is 11.1 Å². The fourth-order valence-electron chi connectivity index (χ4n) is 2.01. The maximum absolute atomic E-state index is 12.6. The molecule has 26 heavy (non-hydrogen) atoms. The first-order valence-corrected chi connectivity index (χ1v) is 7.24. The van der Waals surface area contributed by atoms with Crippen LogP contribution < -0.4 is 9.47 Å². The molecule has 0 aliphatic rings. The SMILES string of the molecule is COc1cc(/C=N/OCc2cccc(C(F)(F)F)c2)ccc1OC(F)F. The molecule has 2 aromatic carbocycles. The number of hydrogen-bond acceptors (Lipinski definition) is 4. The summed E-state index contributed by atoms with van der Waals surface area (Å²) in [6.45, 7) is -3.15. The van der Waals surface area contributed by atoms with Gasteiger partial charge >= 0.3 is 12.8 Å². The molecule has 0 atom stereocenters. The highest BCUT2D eigenvalue weighted by atomic mass is 19.4. The lowest BCUT2D eigenvalue weighted by molar-refractivity contribution is -0.137. The van der Waals surface area contributed by atoms with Gasteiger partial charge in [-0.25, -0.2) is 0 Å². The lowest BCUT2D eigenvalue weighted by atomic mass is 10.1. The van der Waals surface area contributed by atoms with Crippen molar-refractivity contribution in [2.45, 2.75) is 19.4 Å². The van der Waals surface area contributed by atoms with Gasteiger partial charge in [0.15, 0.2) is 11.5 Å². The maximum atomic E-state index is 12.6. The first-order chi connectivity index (χ1) is 12.3. The number of rotatable bonds is 7.